The third kappa shape index (κ3) is 1.93. The van der Waals surface area contributed by atoms with Gasteiger partial charge in [-0.1, -0.05) is 50.5 Å². The molecule has 2 rings (SSSR count). The van der Waals surface area contributed by atoms with E-state index < -0.39 is 0 Å². The molecule has 0 fully saturated rings. The van der Waals surface area contributed by atoms with Gasteiger partial charge in [0.05, 0.1) is 0 Å². The Kier molecular flexibility index (Phi) is 3.48. The minimum atomic E-state index is 1.23. The lowest BCUT2D eigenvalue weighted by Crippen LogP contribution is -1.89. The van der Waals surface area contributed by atoms with E-state index in [0.29, 0.717) is 0 Å². The Morgan fingerprint density at radius 2 is 1.75 bits per heavy atom. The van der Waals surface area contributed by atoms with Crippen molar-refractivity contribution in [2.75, 3.05) is 0 Å². The first-order valence-electron chi connectivity index (χ1n) is 6.44. The minimum Gasteiger partial charge on any atom is -0.0651 e. The highest BCUT2D eigenvalue weighted by Gasteiger charge is 2.21. The molecule has 0 N–H and O–H groups in total. The summed E-state index contributed by atoms with van der Waals surface area (Å²) >= 11 is 0. The molecule has 0 atom stereocenters. The molecule has 1 radical (unpaired) electrons. The van der Waals surface area contributed by atoms with Crippen LogP contribution in [0.15, 0.2) is 23.8 Å². The van der Waals surface area contributed by atoms with Crippen molar-refractivity contribution in [2.45, 2.75) is 46.5 Å². The molecule has 1 aliphatic rings. The molecule has 16 heavy (non-hydrogen) atoms. The summed E-state index contributed by atoms with van der Waals surface area (Å²) in [6.07, 6.45) is 7.33. The molecule has 0 aliphatic heterocycles. The second-order valence-electron chi connectivity index (χ2n) is 4.69. The Morgan fingerprint density at radius 3 is 2.44 bits per heavy atom. The van der Waals surface area contributed by atoms with Crippen LogP contribution in [0.3, 0.4) is 0 Å². The van der Waals surface area contributed by atoms with Crippen molar-refractivity contribution in [3.8, 4) is 0 Å². The summed E-state index contributed by atoms with van der Waals surface area (Å²) in [5.74, 6) is 0. The predicted octanol–water partition coefficient (Wildman–Crippen LogP) is 4.91. The fraction of sp³-hybridized carbons (Fsp3) is 0.438. The van der Waals surface area contributed by atoms with E-state index in [1.54, 1.807) is 11.1 Å². The van der Waals surface area contributed by atoms with E-state index in [4.69, 9.17) is 0 Å². The zero-order valence-corrected chi connectivity index (χ0v) is 10.6. The standard InChI is InChI=1S/C16H21/c1-4-7-13-11-14-10-6-9-12(3)16(14)15(13)8-5-2/h6,9-11H,4-5,7-8H2,1-3H3. The first-order chi connectivity index (χ1) is 7.77. The van der Waals surface area contributed by atoms with Gasteiger partial charge in [-0.25, -0.2) is 0 Å². The number of hydrogen-bond acceptors (Lipinski definition) is 0. The van der Waals surface area contributed by atoms with E-state index in [2.05, 4.69) is 45.4 Å². The van der Waals surface area contributed by atoms with Crippen molar-refractivity contribution >= 4 is 5.57 Å². The summed E-state index contributed by atoms with van der Waals surface area (Å²) in [6, 6.07) is 6.65. The lowest BCUT2D eigenvalue weighted by atomic mass is 9.96. The molecule has 0 aromatic heterocycles. The van der Waals surface area contributed by atoms with Gasteiger partial charge < -0.3 is 0 Å². The number of rotatable bonds is 4. The third-order valence-corrected chi connectivity index (χ3v) is 3.34. The van der Waals surface area contributed by atoms with Crippen LogP contribution in [-0.4, -0.2) is 0 Å². The molecule has 1 aliphatic carbocycles. The highest BCUT2D eigenvalue weighted by molar-refractivity contribution is 5.82. The van der Waals surface area contributed by atoms with Crippen LogP contribution in [0.2, 0.25) is 0 Å². The van der Waals surface area contributed by atoms with Gasteiger partial charge in [0.1, 0.15) is 0 Å². The van der Waals surface area contributed by atoms with E-state index in [1.165, 1.54) is 42.4 Å². The van der Waals surface area contributed by atoms with Crippen LogP contribution in [0.1, 0.15) is 56.2 Å². The Bertz CT molecular complexity index is 410. The number of benzene rings is 1. The van der Waals surface area contributed by atoms with Gasteiger partial charge in [0, 0.05) is 6.42 Å². The summed E-state index contributed by atoms with van der Waals surface area (Å²) in [6.45, 7) is 6.77. The van der Waals surface area contributed by atoms with Crippen LogP contribution in [0.25, 0.3) is 5.57 Å². The number of hydrogen-bond donors (Lipinski definition) is 0. The van der Waals surface area contributed by atoms with Crippen LogP contribution in [0.4, 0.5) is 0 Å². The average Bonchev–Trinajstić information content (AvgIpc) is 2.59. The molecule has 1 aromatic carbocycles. The Labute approximate surface area is 99.4 Å². The van der Waals surface area contributed by atoms with Crippen LogP contribution < -0.4 is 0 Å². The minimum absolute atomic E-state index is 1.23. The van der Waals surface area contributed by atoms with Gasteiger partial charge in [-0.2, -0.15) is 0 Å². The fourth-order valence-electron chi connectivity index (χ4n) is 2.69. The normalized spacial score (nSPS) is 14.4. The number of allylic oxidation sites excluding steroid dienone is 2. The molecular formula is C16H21. The Balaban J connectivity index is 2.43. The molecule has 0 saturated heterocycles. The van der Waals surface area contributed by atoms with Crippen LogP contribution in [0.5, 0.6) is 0 Å². The lowest BCUT2D eigenvalue weighted by Gasteiger charge is -2.09. The topological polar surface area (TPSA) is 0 Å². The second kappa shape index (κ2) is 4.86. The van der Waals surface area contributed by atoms with E-state index >= 15 is 0 Å². The Hall–Kier alpha value is -1.04. The first-order valence-corrected chi connectivity index (χ1v) is 6.44. The van der Waals surface area contributed by atoms with Gasteiger partial charge in [-0.15, -0.1) is 0 Å². The number of fused-ring (bicyclic) bond motifs is 1. The van der Waals surface area contributed by atoms with Crippen molar-refractivity contribution < 1.29 is 0 Å². The van der Waals surface area contributed by atoms with Crippen molar-refractivity contribution in [2.24, 2.45) is 0 Å². The van der Waals surface area contributed by atoms with Gasteiger partial charge in [0.15, 0.2) is 0 Å². The maximum atomic E-state index is 2.40. The second-order valence-corrected chi connectivity index (χ2v) is 4.69. The molecule has 0 unspecified atom stereocenters. The zero-order valence-electron chi connectivity index (χ0n) is 10.6. The molecule has 0 bridgehead atoms. The summed E-state index contributed by atoms with van der Waals surface area (Å²) in [4.78, 5) is 0. The molecule has 1 aromatic rings. The predicted molar refractivity (Wildman–Crippen MR) is 71.3 cm³/mol. The van der Waals surface area contributed by atoms with Crippen molar-refractivity contribution in [1.82, 2.24) is 0 Å². The van der Waals surface area contributed by atoms with Gasteiger partial charge >= 0.3 is 0 Å². The zero-order chi connectivity index (χ0) is 11.5. The van der Waals surface area contributed by atoms with E-state index in [0.717, 1.165) is 0 Å². The highest BCUT2D eigenvalue weighted by atomic mass is 14.3. The molecule has 0 saturated carbocycles. The van der Waals surface area contributed by atoms with Crippen LogP contribution >= 0.6 is 0 Å². The molecule has 0 heteroatoms. The largest absolute Gasteiger partial charge is 0.0651 e. The van der Waals surface area contributed by atoms with Gasteiger partial charge in [-0.3, -0.25) is 0 Å². The van der Waals surface area contributed by atoms with Crippen molar-refractivity contribution in [3.63, 3.8) is 0 Å². The summed E-state index contributed by atoms with van der Waals surface area (Å²) in [5.41, 5.74) is 7.58. The fourth-order valence-corrected chi connectivity index (χ4v) is 2.69. The highest BCUT2D eigenvalue weighted by Crippen LogP contribution is 2.40. The molecule has 0 heterocycles. The first kappa shape index (κ1) is 11.4. The summed E-state index contributed by atoms with van der Waals surface area (Å²) in [5, 5.41) is 0. The van der Waals surface area contributed by atoms with Crippen molar-refractivity contribution in [1.29, 1.82) is 0 Å². The maximum absolute atomic E-state index is 2.40. The van der Waals surface area contributed by atoms with E-state index in [1.807, 2.05) is 0 Å². The quantitative estimate of drug-likeness (QED) is 0.666. The SMILES string of the molecule is CCCC1=C(CCC)c2c(C)cccc2[CH]1. The van der Waals surface area contributed by atoms with E-state index in [9.17, 15) is 0 Å². The molecule has 0 nitrogen and oxygen atoms in total. The Morgan fingerprint density at radius 1 is 1.00 bits per heavy atom. The van der Waals surface area contributed by atoms with Gasteiger partial charge in [0.25, 0.3) is 0 Å². The van der Waals surface area contributed by atoms with Crippen LogP contribution in [-0.2, 0) is 0 Å². The molecule has 0 spiro atoms. The smallest absolute Gasteiger partial charge is 0.0167 e. The van der Waals surface area contributed by atoms with E-state index in [-0.39, 0.29) is 0 Å². The number of aryl methyl sites for hydroxylation is 1. The van der Waals surface area contributed by atoms with Gasteiger partial charge in [0.2, 0.25) is 0 Å². The average molecular weight is 213 g/mol. The summed E-state index contributed by atoms with van der Waals surface area (Å²) in [7, 11) is 0. The van der Waals surface area contributed by atoms with Crippen LogP contribution in [0, 0.1) is 13.3 Å². The monoisotopic (exact) mass is 213 g/mol. The molecule has 85 valence electrons. The van der Waals surface area contributed by atoms with Gasteiger partial charge in [-0.05, 0) is 42.0 Å². The lowest BCUT2D eigenvalue weighted by molar-refractivity contribution is 0.904. The van der Waals surface area contributed by atoms with Crippen molar-refractivity contribution in [3.05, 3.63) is 46.9 Å². The molecule has 0 amide bonds. The maximum Gasteiger partial charge on any atom is 0.0167 e. The molecular weight excluding hydrogens is 192 g/mol. The summed E-state index contributed by atoms with van der Waals surface area (Å²) < 4.78 is 0. The third-order valence-electron chi connectivity index (χ3n) is 3.34.